The summed E-state index contributed by atoms with van der Waals surface area (Å²) >= 11 is 0. The Morgan fingerprint density at radius 1 is 0.500 bits per heavy atom. The molecule has 0 aromatic heterocycles. The van der Waals surface area contributed by atoms with Crippen molar-refractivity contribution in [2.24, 2.45) is 0 Å². The number of nitro groups is 4. The van der Waals surface area contributed by atoms with Gasteiger partial charge in [0.2, 0.25) is 11.8 Å². The second-order valence-corrected chi connectivity index (χ2v) is 9.24. The van der Waals surface area contributed by atoms with Gasteiger partial charge in [-0.2, -0.15) is 0 Å². The monoisotopic (exact) mass is 638 g/mol. The van der Waals surface area contributed by atoms with Crippen molar-refractivity contribution < 1.29 is 38.9 Å². The van der Waals surface area contributed by atoms with Crippen molar-refractivity contribution in [2.75, 3.05) is 13.1 Å². The van der Waals surface area contributed by atoms with Gasteiger partial charge in [0.1, 0.15) is 0 Å². The molecular weight excluding hydrogens is 616 g/mol. The molecule has 0 aliphatic carbocycles. The van der Waals surface area contributed by atoms with Gasteiger partial charge in [-0.15, -0.1) is 0 Å². The Balaban J connectivity index is 1.47. The number of nitrogens with one attached hydrogen (secondary N) is 4. The highest BCUT2D eigenvalue weighted by Crippen LogP contribution is 2.23. The van der Waals surface area contributed by atoms with Crippen molar-refractivity contribution in [1.82, 2.24) is 21.3 Å². The van der Waals surface area contributed by atoms with Crippen molar-refractivity contribution in [3.05, 3.63) is 123 Å². The molecule has 4 amide bonds. The molecule has 0 spiro atoms. The number of nitrogens with zero attached hydrogens (tertiary/aromatic N) is 4. The largest absolute Gasteiger partial charge is 0.350 e. The SMILES string of the molecule is O=C(CNC(=O)c1cc([N+](=O)[O-])cc([N+](=O)[O-])c1)NCc1cccc(CNC(=O)CNC(=O)c2cc([N+](=O)[O-])cc([N+](=O)[O-])c2)c1. The standard InChI is InChI=1S/C26H22N8O12/c35-23(13-29-25(37)17-5-19(31(39)40)9-20(6-17)32(41)42)27-11-15-2-1-3-16(4-15)12-28-24(36)14-30-26(38)18-7-21(33(43)44)10-22(8-18)34(45)46/h1-10H,11-14H2,(H,27,35)(H,28,36)(H,29,37)(H,30,38). The van der Waals surface area contributed by atoms with Crippen LogP contribution in [0.2, 0.25) is 0 Å². The molecule has 0 heterocycles. The number of carbonyl (C=O) groups excluding carboxylic acids is 4. The number of hydrogen-bond donors (Lipinski definition) is 4. The summed E-state index contributed by atoms with van der Waals surface area (Å²) in [7, 11) is 0. The second-order valence-electron chi connectivity index (χ2n) is 9.24. The van der Waals surface area contributed by atoms with Gasteiger partial charge in [0, 0.05) is 37.4 Å². The number of amides is 4. The van der Waals surface area contributed by atoms with E-state index in [0.29, 0.717) is 23.3 Å². The van der Waals surface area contributed by atoms with E-state index in [2.05, 4.69) is 21.3 Å². The molecule has 20 heteroatoms. The van der Waals surface area contributed by atoms with Gasteiger partial charge >= 0.3 is 0 Å². The van der Waals surface area contributed by atoms with Crippen molar-refractivity contribution in [3.63, 3.8) is 0 Å². The Morgan fingerprint density at radius 3 is 1.13 bits per heavy atom. The molecule has 0 bridgehead atoms. The van der Waals surface area contributed by atoms with E-state index in [1.807, 2.05) is 0 Å². The first kappa shape index (κ1) is 33.6. The zero-order chi connectivity index (χ0) is 34.0. The summed E-state index contributed by atoms with van der Waals surface area (Å²) in [6, 6.07) is 11.3. The van der Waals surface area contributed by atoms with Crippen molar-refractivity contribution in [1.29, 1.82) is 0 Å². The fourth-order valence-corrected chi connectivity index (χ4v) is 3.78. The molecule has 0 radical (unpaired) electrons. The fraction of sp³-hybridized carbons (Fsp3) is 0.154. The van der Waals surface area contributed by atoms with Crippen LogP contribution in [0.15, 0.2) is 60.7 Å². The Hall–Kier alpha value is -6.86. The van der Waals surface area contributed by atoms with E-state index in [9.17, 15) is 59.6 Å². The molecule has 3 rings (SSSR count). The minimum absolute atomic E-state index is 0.00414. The van der Waals surface area contributed by atoms with Crippen LogP contribution in [0.25, 0.3) is 0 Å². The van der Waals surface area contributed by atoms with Gasteiger partial charge < -0.3 is 21.3 Å². The Bertz CT molecular complexity index is 1570. The number of benzene rings is 3. The first-order valence-corrected chi connectivity index (χ1v) is 12.8. The van der Waals surface area contributed by atoms with Crippen LogP contribution in [0.4, 0.5) is 22.7 Å². The summed E-state index contributed by atoms with van der Waals surface area (Å²) < 4.78 is 0. The fourth-order valence-electron chi connectivity index (χ4n) is 3.78. The van der Waals surface area contributed by atoms with Crippen LogP contribution in [0, 0.1) is 40.5 Å². The number of non-ortho nitro benzene ring substituents is 4. The molecule has 0 fully saturated rings. The van der Waals surface area contributed by atoms with E-state index >= 15 is 0 Å². The van der Waals surface area contributed by atoms with Crippen LogP contribution in [0.5, 0.6) is 0 Å². The Labute approximate surface area is 256 Å². The molecule has 0 atom stereocenters. The van der Waals surface area contributed by atoms with Crippen LogP contribution < -0.4 is 21.3 Å². The lowest BCUT2D eigenvalue weighted by Crippen LogP contribution is -2.37. The maximum absolute atomic E-state index is 12.3. The summed E-state index contributed by atoms with van der Waals surface area (Å²) in [4.78, 5) is 89.6. The van der Waals surface area contributed by atoms with Crippen LogP contribution in [-0.2, 0) is 22.7 Å². The zero-order valence-electron chi connectivity index (χ0n) is 23.3. The molecule has 4 N–H and O–H groups in total. The number of hydrogen-bond acceptors (Lipinski definition) is 12. The molecular formula is C26H22N8O12. The van der Waals surface area contributed by atoms with Crippen LogP contribution in [-0.4, -0.2) is 56.4 Å². The molecule has 238 valence electrons. The lowest BCUT2D eigenvalue weighted by atomic mass is 10.1. The third-order valence-electron chi connectivity index (χ3n) is 5.96. The Morgan fingerprint density at radius 2 is 0.826 bits per heavy atom. The number of carbonyl (C=O) groups is 4. The highest BCUT2D eigenvalue weighted by atomic mass is 16.6. The van der Waals surface area contributed by atoms with Crippen LogP contribution in [0.3, 0.4) is 0 Å². The van der Waals surface area contributed by atoms with Crippen molar-refractivity contribution >= 4 is 46.4 Å². The summed E-state index contributed by atoms with van der Waals surface area (Å²) in [5, 5.41) is 53.6. The van der Waals surface area contributed by atoms with Gasteiger partial charge in [-0.3, -0.25) is 59.6 Å². The topological polar surface area (TPSA) is 289 Å². The summed E-state index contributed by atoms with van der Waals surface area (Å²) in [5.41, 5.74) is -2.23. The first-order chi connectivity index (χ1) is 21.7. The maximum atomic E-state index is 12.3. The lowest BCUT2D eigenvalue weighted by Gasteiger charge is -2.10. The molecule has 0 saturated heterocycles. The minimum atomic E-state index is -0.942. The van der Waals surface area contributed by atoms with E-state index in [-0.39, 0.29) is 24.2 Å². The first-order valence-electron chi connectivity index (χ1n) is 12.8. The highest BCUT2D eigenvalue weighted by Gasteiger charge is 2.21. The quantitative estimate of drug-likeness (QED) is 0.144. The van der Waals surface area contributed by atoms with E-state index in [1.165, 1.54) is 0 Å². The minimum Gasteiger partial charge on any atom is -0.350 e. The second kappa shape index (κ2) is 15.0. The van der Waals surface area contributed by atoms with E-state index in [1.54, 1.807) is 24.3 Å². The molecule has 46 heavy (non-hydrogen) atoms. The highest BCUT2D eigenvalue weighted by molar-refractivity contribution is 5.98. The van der Waals surface area contributed by atoms with Crippen molar-refractivity contribution in [2.45, 2.75) is 13.1 Å². The number of nitro benzene ring substituents is 4. The smallest absolute Gasteiger partial charge is 0.277 e. The average Bonchev–Trinajstić information content (AvgIpc) is 3.03. The van der Waals surface area contributed by atoms with E-state index < -0.39 is 79.2 Å². The molecule has 3 aromatic rings. The van der Waals surface area contributed by atoms with E-state index in [4.69, 9.17) is 0 Å². The van der Waals surface area contributed by atoms with Crippen molar-refractivity contribution in [3.8, 4) is 0 Å². The third kappa shape index (κ3) is 9.58. The average molecular weight is 639 g/mol. The van der Waals surface area contributed by atoms with Crippen LogP contribution in [0.1, 0.15) is 31.8 Å². The van der Waals surface area contributed by atoms with Gasteiger partial charge in [-0.1, -0.05) is 24.3 Å². The van der Waals surface area contributed by atoms with Gasteiger partial charge in [0.15, 0.2) is 0 Å². The van der Waals surface area contributed by atoms with Gasteiger partial charge in [0.05, 0.1) is 56.0 Å². The predicted octanol–water partition coefficient (Wildman–Crippen LogP) is 1.41. The van der Waals surface area contributed by atoms with Gasteiger partial charge in [-0.25, -0.2) is 0 Å². The summed E-state index contributed by atoms with van der Waals surface area (Å²) in [5.74, 6) is -3.17. The molecule has 0 aliphatic heterocycles. The predicted molar refractivity (Wildman–Crippen MR) is 154 cm³/mol. The third-order valence-corrected chi connectivity index (χ3v) is 5.96. The molecule has 0 aliphatic rings. The molecule has 20 nitrogen and oxygen atoms in total. The molecule has 3 aromatic carbocycles. The lowest BCUT2D eigenvalue weighted by molar-refractivity contribution is -0.394. The number of rotatable bonds is 14. The molecule has 0 unspecified atom stereocenters. The normalized spacial score (nSPS) is 10.3. The summed E-state index contributed by atoms with van der Waals surface area (Å²) in [6.07, 6.45) is 0. The van der Waals surface area contributed by atoms with Gasteiger partial charge in [0.25, 0.3) is 34.6 Å². The van der Waals surface area contributed by atoms with E-state index in [0.717, 1.165) is 24.3 Å². The van der Waals surface area contributed by atoms with Crippen LogP contribution >= 0.6 is 0 Å². The summed E-state index contributed by atoms with van der Waals surface area (Å²) in [6.45, 7) is -1.07. The Kier molecular flexibility index (Phi) is 11.0. The maximum Gasteiger partial charge on any atom is 0.277 e. The molecule has 0 saturated carbocycles. The van der Waals surface area contributed by atoms with Gasteiger partial charge in [-0.05, 0) is 11.1 Å². The zero-order valence-corrected chi connectivity index (χ0v) is 23.3.